The molecule has 1 heterocycles. The number of ether oxygens (including phenoxy) is 1. The summed E-state index contributed by atoms with van der Waals surface area (Å²) >= 11 is 1.39. The van der Waals surface area contributed by atoms with Gasteiger partial charge in [0.2, 0.25) is 0 Å². The van der Waals surface area contributed by atoms with Crippen molar-refractivity contribution in [2.75, 3.05) is 11.9 Å². The van der Waals surface area contributed by atoms with E-state index in [4.69, 9.17) is 4.74 Å². The summed E-state index contributed by atoms with van der Waals surface area (Å²) in [5, 5.41) is 17.3. The Morgan fingerprint density at radius 2 is 2.12 bits per heavy atom. The molecule has 0 spiro atoms. The molecule has 1 aliphatic rings. The van der Waals surface area contributed by atoms with Crippen LogP contribution in [0.4, 0.5) is 5.69 Å². The Kier molecular flexibility index (Phi) is 5.48. The molecule has 0 aliphatic carbocycles. The Bertz CT molecular complexity index is 893. The largest absolute Gasteiger partial charge is 0.504 e. The average molecular weight is 369 g/mol. The van der Waals surface area contributed by atoms with Crippen molar-refractivity contribution in [2.45, 2.75) is 18.7 Å². The number of hydrogen-bond donors (Lipinski definition) is 3. The van der Waals surface area contributed by atoms with Crippen molar-refractivity contribution in [1.82, 2.24) is 5.43 Å². The van der Waals surface area contributed by atoms with Crippen molar-refractivity contribution in [3.05, 3.63) is 58.6 Å². The van der Waals surface area contributed by atoms with Gasteiger partial charge in [-0.3, -0.25) is 4.79 Å². The summed E-state index contributed by atoms with van der Waals surface area (Å²) in [5.41, 5.74) is 4.71. The topological polar surface area (TPSA) is 83.0 Å². The molecule has 0 aromatic heterocycles. The summed E-state index contributed by atoms with van der Waals surface area (Å²) in [6.07, 6.45) is 1.39. The van der Waals surface area contributed by atoms with Crippen molar-refractivity contribution in [1.29, 1.82) is 0 Å². The lowest BCUT2D eigenvalue weighted by molar-refractivity contribution is -0.116. The predicted molar refractivity (Wildman–Crippen MR) is 104 cm³/mol. The standard InChI is InChI=1S/C19H19N3O3S/c1-3-25-15-9-6-7-13(17(15)23)11-20-22-19(24)18-12(2)21-14-8-4-5-10-16(14)26-18/h4-11,21,23H,3H2,1-2H3,(H,22,24)/b20-11-. The van der Waals surface area contributed by atoms with Crippen molar-refractivity contribution >= 4 is 29.6 Å². The van der Waals surface area contributed by atoms with E-state index in [1.54, 1.807) is 18.2 Å². The van der Waals surface area contributed by atoms with Crippen LogP contribution in [0.25, 0.3) is 0 Å². The number of para-hydroxylation sites is 2. The maximum Gasteiger partial charge on any atom is 0.279 e. The number of hydrogen-bond acceptors (Lipinski definition) is 6. The van der Waals surface area contributed by atoms with Gasteiger partial charge in [-0.05, 0) is 38.1 Å². The van der Waals surface area contributed by atoms with Gasteiger partial charge in [0.25, 0.3) is 5.91 Å². The molecule has 3 rings (SSSR count). The maximum absolute atomic E-state index is 12.4. The second-order valence-electron chi connectivity index (χ2n) is 5.50. The second-order valence-corrected chi connectivity index (χ2v) is 6.56. The lowest BCUT2D eigenvalue weighted by atomic mass is 10.2. The number of hydrazone groups is 1. The molecule has 1 aliphatic heterocycles. The molecule has 1 amide bonds. The fraction of sp³-hybridized carbons (Fsp3) is 0.158. The molecule has 0 saturated carbocycles. The zero-order valence-corrected chi connectivity index (χ0v) is 15.3. The summed E-state index contributed by atoms with van der Waals surface area (Å²) in [6.45, 7) is 4.13. The highest BCUT2D eigenvalue weighted by Crippen LogP contribution is 2.39. The first-order valence-corrected chi connectivity index (χ1v) is 8.94. The zero-order chi connectivity index (χ0) is 18.5. The van der Waals surface area contributed by atoms with Crippen molar-refractivity contribution in [3.63, 3.8) is 0 Å². The molecule has 6 nitrogen and oxygen atoms in total. The van der Waals surface area contributed by atoms with Crippen LogP contribution in [0.2, 0.25) is 0 Å². The molecule has 0 bridgehead atoms. The average Bonchev–Trinajstić information content (AvgIpc) is 2.64. The van der Waals surface area contributed by atoms with Gasteiger partial charge in [0.05, 0.1) is 23.4 Å². The highest BCUT2D eigenvalue weighted by Gasteiger charge is 2.21. The van der Waals surface area contributed by atoms with E-state index in [2.05, 4.69) is 15.8 Å². The summed E-state index contributed by atoms with van der Waals surface area (Å²) in [6, 6.07) is 12.9. The molecule has 0 radical (unpaired) electrons. The van der Waals surface area contributed by atoms with E-state index in [9.17, 15) is 9.90 Å². The number of nitrogens with one attached hydrogen (secondary N) is 2. The van der Waals surface area contributed by atoms with E-state index in [0.29, 0.717) is 22.8 Å². The van der Waals surface area contributed by atoms with Gasteiger partial charge in [-0.1, -0.05) is 30.0 Å². The predicted octanol–water partition coefficient (Wildman–Crippen LogP) is 3.69. The third kappa shape index (κ3) is 3.83. The molecule has 0 fully saturated rings. The number of allylic oxidation sites excluding steroid dienone is 1. The number of anilines is 1. The number of aromatic hydroxyl groups is 1. The highest BCUT2D eigenvalue weighted by molar-refractivity contribution is 8.04. The number of nitrogens with zero attached hydrogens (tertiary/aromatic N) is 1. The molecule has 0 atom stereocenters. The van der Waals surface area contributed by atoms with Crippen LogP contribution in [-0.2, 0) is 4.79 Å². The smallest absolute Gasteiger partial charge is 0.279 e. The molecule has 134 valence electrons. The Labute approximate surface area is 156 Å². The van der Waals surface area contributed by atoms with Gasteiger partial charge in [-0.2, -0.15) is 5.10 Å². The first-order valence-electron chi connectivity index (χ1n) is 8.13. The Balaban J connectivity index is 1.70. The Hall–Kier alpha value is -2.93. The molecule has 26 heavy (non-hydrogen) atoms. The summed E-state index contributed by atoms with van der Waals surface area (Å²) in [4.78, 5) is 14.0. The quantitative estimate of drug-likeness (QED) is 0.553. The van der Waals surface area contributed by atoms with Gasteiger partial charge in [-0.15, -0.1) is 0 Å². The van der Waals surface area contributed by atoms with Crippen LogP contribution in [0.15, 0.2) is 63.1 Å². The number of amides is 1. The molecule has 3 N–H and O–H groups in total. The first-order chi connectivity index (χ1) is 12.6. The number of phenols is 1. The van der Waals surface area contributed by atoms with Crippen LogP contribution in [-0.4, -0.2) is 23.8 Å². The number of phenolic OH excluding ortho intramolecular Hbond substituents is 1. The number of thioether (sulfide) groups is 1. The fourth-order valence-electron chi connectivity index (χ4n) is 2.45. The number of carbonyl (C=O) groups is 1. The zero-order valence-electron chi connectivity index (χ0n) is 14.4. The lowest BCUT2D eigenvalue weighted by Gasteiger charge is -2.20. The minimum atomic E-state index is -0.314. The molecule has 2 aromatic carbocycles. The minimum absolute atomic E-state index is 0.00891. The van der Waals surface area contributed by atoms with Gasteiger partial charge in [0.15, 0.2) is 11.5 Å². The molecular formula is C19H19N3O3S. The normalized spacial score (nSPS) is 13.3. The van der Waals surface area contributed by atoms with Crippen molar-refractivity contribution < 1.29 is 14.6 Å². The number of carbonyl (C=O) groups excluding carboxylic acids is 1. The first kappa shape index (κ1) is 17.9. The van der Waals surface area contributed by atoms with Gasteiger partial charge in [-0.25, -0.2) is 5.43 Å². The van der Waals surface area contributed by atoms with Crippen LogP contribution in [0.1, 0.15) is 19.4 Å². The Morgan fingerprint density at radius 1 is 1.31 bits per heavy atom. The fourth-order valence-corrected chi connectivity index (χ4v) is 3.39. The number of fused-ring (bicyclic) bond motifs is 1. The summed E-state index contributed by atoms with van der Waals surface area (Å²) in [5.74, 6) is 0.0570. The molecular weight excluding hydrogens is 350 g/mol. The SMILES string of the molecule is CCOc1cccc(/C=N\NC(=O)C2=C(C)Nc3ccccc3S2)c1O. The van der Waals surface area contributed by atoms with E-state index in [0.717, 1.165) is 16.3 Å². The summed E-state index contributed by atoms with van der Waals surface area (Å²) < 4.78 is 5.33. The Morgan fingerprint density at radius 3 is 2.92 bits per heavy atom. The van der Waals surface area contributed by atoms with Gasteiger partial charge in [0, 0.05) is 16.2 Å². The van der Waals surface area contributed by atoms with Crippen LogP contribution in [0.5, 0.6) is 11.5 Å². The highest BCUT2D eigenvalue weighted by atomic mass is 32.2. The third-order valence-electron chi connectivity index (χ3n) is 3.67. The van der Waals surface area contributed by atoms with E-state index < -0.39 is 0 Å². The van der Waals surface area contributed by atoms with Crippen LogP contribution in [0, 0.1) is 0 Å². The summed E-state index contributed by atoms with van der Waals surface area (Å²) in [7, 11) is 0. The van der Waals surface area contributed by atoms with Crippen molar-refractivity contribution in [3.8, 4) is 11.5 Å². The van der Waals surface area contributed by atoms with Crippen LogP contribution >= 0.6 is 11.8 Å². The van der Waals surface area contributed by atoms with Crippen molar-refractivity contribution in [2.24, 2.45) is 5.10 Å². The van der Waals surface area contributed by atoms with E-state index >= 15 is 0 Å². The molecule has 7 heteroatoms. The molecule has 2 aromatic rings. The molecule has 0 unspecified atom stereocenters. The van der Waals surface area contributed by atoms with E-state index in [1.165, 1.54) is 18.0 Å². The van der Waals surface area contributed by atoms with Gasteiger partial charge >= 0.3 is 0 Å². The maximum atomic E-state index is 12.4. The monoisotopic (exact) mass is 369 g/mol. The number of benzene rings is 2. The van der Waals surface area contributed by atoms with Gasteiger partial charge < -0.3 is 15.2 Å². The number of rotatable bonds is 5. The minimum Gasteiger partial charge on any atom is -0.504 e. The second kappa shape index (κ2) is 7.97. The van der Waals surface area contributed by atoms with Gasteiger partial charge in [0.1, 0.15) is 0 Å². The van der Waals surface area contributed by atoms with E-state index in [-0.39, 0.29) is 11.7 Å². The van der Waals surface area contributed by atoms with E-state index in [1.807, 2.05) is 38.1 Å². The third-order valence-corrected chi connectivity index (χ3v) is 4.94. The van der Waals surface area contributed by atoms with Crippen LogP contribution < -0.4 is 15.5 Å². The molecule has 0 saturated heterocycles. The lowest BCUT2D eigenvalue weighted by Crippen LogP contribution is -2.22. The van der Waals surface area contributed by atoms with Crippen LogP contribution in [0.3, 0.4) is 0 Å².